The van der Waals surface area contributed by atoms with Crippen molar-refractivity contribution in [3.8, 4) is 0 Å². The molecule has 1 amide bonds. The van der Waals surface area contributed by atoms with Crippen LogP contribution in [0.15, 0.2) is 22.5 Å². The van der Waals surface area contributed by atoms with Crippen LogP contribution in [0.1, 0.15) is 37.5 Å². The van der Waals surface area contributed by atoms with E-state index in [1.807, 2.05) is 7.05 Å². The number of aryl methyl sites for hydroxylation is 2. The van der Waals surface area contributed by atoms with Crippen molar-refractivity contribution in [1.29, 1.82) is 0 Å². The van der Waals surface area contributed by atoms with Crippen molar-refractivity contribution >= 4 is 34.1 Å². The van der Waals surface area contributed by atoms with Gasteiger partial charge in [-0.25, -0.2) is 0 Å². The molecule has 0 aliphatic heterocycles. The maximum atomic E-state index is 12.4. The zero-order valence-corrected chi connectivity index (χ0v) is 17.3. The molecule has 0 aliphatic carbocycles. The summed E-state index contributed by atoms with van der Waals surface area (Å²) in [6, 6.07) is 6.32. The minimum absolute atomic E-state index is 0.0522. The van der Waals surface area contributed by atoms with Crippen molar-refractivity contribution in [1.82, 2.24) is 15.1 Å². The number of benzene rings is 1. The van der Waals surface area contributed by atoms with E-state index in [2.05, 4.69) is 68.3 Å². The van der Waals surface area contributed by atoms with E-state index in [9.17, 15) is 4.79 Å². The molecule has 0 unspecified atom stereocenters. The van der Waals surface area contributed by atoms with Gasteiger partial charge < -0.3 is 10.2 Å². The normalized spacial score (nSPS) is 11.4. The zero-order chi connectivity index (χ0) is 18.6. The molecule has 0 atom stereocenters. The third-order valence-electron chi connectivity index (χ3n) is 3.54. The number of anilines is 1. The SMILES string of the molecule is Cc1ccc(CN(C)C(=O)CSc2nnc(NC(C)(C)C)s2)c(C)c1. The Kier molecular flexibility index (Phi) is 6.46. The van der Waals surface area contributed by atoms with Crippen LogP contribution >= 0.6 is 23.1 Å². The molecule has 1 heterocycles. The van der Waals surface area contributed by atoms with Gasteiger partial charge in [-0.1, -0.05) is 46.9 Å². The monoisotopic (exact) mass is 378 g/mol. The molecular weight excluding hydrogens is 352 g/mol. The fourth-order valence-corrected chi connectivity index (χ4v) is 4.14. The van der Waals surface area contributed by atoms with Crippen molar-refractivity contribution < 1.29 is 4.79 Å². The van der Waals surface area contributed by atoms with Crippen LogP contribution in [-0.2, 0) is 11.3 Å². The average Bonchev–Trinajstić information content (AvgIpc) is 2.93. The molecular formula is C18H26N4OS2. The molecule has 0 aliphatic rings. The van der Waals surface area contributed by atoms with E-state index in [1.165, 1.54) is 39.8 Å². The highest BCUT2D eigenvalue weighted by Gasteiger charge is 2.15. The van der Waals surface area contributed by atoms with E-state index in [0.717, 1.165) is 9.47 Å². The number of rotatable bonds is 6. The second kappa shape index (κ2) is 8.19. The van der Waals surface area contributed by atoms with Gasteiger partial charge in [0, 0.05) is 19.1 Å². The number of amides is 1. The summed E-state index contributed by atoms with van der Waals surface area (Å²) in [6.07, 6.45) is 0. The molecule has 1 aromatic heterocycles. The van der Waals surface area contributed by atoms with Crippen molar-refractivity contribution in [3.63, 3.8) is 0 Å². The van der Waals surface area contributed by atoms with E-state index in [0.29, 0.717) is 12.3 Å². The van der Waals surface area contributed by atoms with Crippen LogP contribution in [0.4, 0.5) is 5.13 Å². The molecule has 2 rings (SSSR count). The highest BCUT2D eigenvalue weighted by atomic mass is 32.2. The molecule has 0 radical (unpaired) electrons. The van der Waals surface area contributed by atoms with Gasteiger partial charge in [0.05, 0.1) is 5.75 Å². The van der Waals surface area contributed by atoms with Crippen molar-refractivity contribution in [2.24, 2.45) is 0 Å². The number of carbonyl (C=O) groups is 1. The van der Waals surface area contributed by atoms with E-state index in [1.54, 1.807) is 4.90 Å². The second-order valence-corrected chi connectivity index (χ2v) is 9.42. The third-order valence-corrected chi connectivity index (χ3v) is 5.50. The highest BCUT2D eigenvalue weighted by molar-refractivity contribution is 8.01. The predicted molar refractivity (Wildman–Crippen MR) is 106 cm³/mol. The summed E-state index contributed by atoms with van der Waals surface area (Å²) in [7, 11) is 1.84. The van der Waals surface area contributed by atoms with Crippen molar-refractivity contribution in [3.05, 3.63) is 34.9 Å². The maximum Gasteiger partial charge on any atom is 0.233 e. The number of carbonyl (C=O) groups excluding carboxylic acids is 1. The van der Waals surface area contributed by atoms with Gasteiger partial charge in [0.1, 0.15) is 0 Å². The number of hydrogen-bond donors (Lipinski definition) is 1. The van der Waals surface area contributed by atoms with Gasteiger partial charge in [0.15, 0.2) is 4.34 Å². The Hall–Kier alpha value is -1.60. The molecule has 0 fully saturated rings. The Morgan fingerprint density at radius 2 is 2.00 bits per heavy atom. The predicted octanol–water partition coefficient (Wildman–Crippen LogP) is 4.12. The fourth-order valence-electron chi connectivity index (χ4n) is 2.24. The van der Waals surface area contributed by atoms with Gasteiger partial charge in [-0.2, -0.15) is 0 Å². The molecule has 0 bridgehead atoms. The first-order valence-electron chi connectivity index (χ1n) is 8.18. The van der Waals surface area contributed by atoms with Crippen LogP contribution < -0.4 is 5.32 Å². The molecule has 0 saturated heterocycles. The summed E-state index contributed by atoms with van der Waals surface area (Å²) in [6.45, 7) is 11.0. The lowest BCUT2D eigenvalue weighted by Crippen LogP contribution is -2.28. The largest absolute Gasteiger partial charge is 0.355 e. The first-order chi connectivity index (χ1) is 11.6. The van der Waals surface area contributed by atoms with E-state index < -0.39 is 0 Å². The smallest absolute Gasteiger partial charge is 0.233 e. The number of hydrogen-bond acceptors (Lipinski definition) is 6. The van der Waals surface area contributed by atoms with Crippen molar-refractivity contribution in [2.75, 3.05) is 18.1 Å². The summed E-state index contributed by atoms with van der Waals surface area (Å²) >= 11 is 2.91. The minimum Gasteiger partial charge on any atom is -0.355 e. The lowest BCUT2D eigenvalue weighted by molar-refractivity contribution is -0.127. The first-order valence-corrected chi connectivity index (χ1v) is 9.99. The van der Waals surface area contributed by atoms with Gasteiger partial charge in [0.25, 0.3) is 0 Å². The lowest BCUT2D eigenvalue weighted by atomic mass is 10.1. The number of thioether (sulfide) groups is 1. The number of aromatic nitrogens is 2. The molecule has 2 aromatic rings. The van der Waals surface area contributed by atoms with E-state index in [4.69, 9.17) is 0 Å². The van der Waals surface area contributed by atoms with Crippen LogP contribution in [0.5, 0.6) is 0 Å². The Morgan fingerprint density at radius 3 is 2.64 bits per heavy atom. The Bertz CT molecular complexity index is 737. The van der Waals surface area contributed by atoms with Crippen LogP contribution in [0.25, 0.3) is 0 Å². The Labute approximate surface area is 158 Å². The van der Waals surface area contributed by atoms with Crippen LogP contribution in [-0.4, -0.2) is 39.3 Å². The van der Waals surface area contributed by atoms with Gasteiger partial charge in [-0.3, -0.25) is 4.79 Å². The number of nitrogens with zero attached hydrogens (tertiary/aromatic N) is 3. The summed E-state index contributed by atoms with van der Waals surface area (Å²) in [4.78, 5) is 14.1. The number of nitrogens with one attached hydrogen (secondary N) is 1. The second-order valence-electron chi connectivity index (χ2n) is 7.22. The molecule has 25 heavy (non-hydrogen) atoms. The van der Waals surface area contributed by atoms with Crippen LogP contribution in [0.2, 0.25) is 0 Å². The summed E-state index contributed by atoms with van der Waals surface area (Å²) < 4.78 is 0.806. The van der Waals surface area contributed by atoms with Crippen molar-refractivity contribution in [2.45, 2.75) is 51.0 Å². The first kappa shape index (κ1) is 19.7. The lowest BCUT2D eigenvalue weighted by Gasteiger charge is -2.19. The third kappa shape index (κ3) is 6.32. The molecule has 1 aromatic carbocycles. The van der Waals surface area contributed by atoms with Crippen LogP contribution in [0, 0.1) is 13.8 Å². The Balaban J connectivity index is 1.87. The molecule has 136 valence electrons. The fraction of sp³-hybridized carbons (Fsp3) is 0.500. The molecule has 7 heteroatoms. The van der Waals surface area contributed by atoms with Gasteiger partial charge in [-0.15, -0.1) is 10.2 Å². The summed E-state index contributed by atoms with van der Waals surface area (Å²) in [5.41, 5.74) is 3.58. The quantitative estimate of drug-likeness (QED) is 0.767. The van der Waals surface area contributed by atoms with Gasteiger partial charge >= 0.3 is 0 Å². The topological polar surface area (TPSA) is 58.1 Å². The minimum atomic E-state index is -0.0522. The Morgan fingerprint density at radius 1 is 1.28 bits per heavy atom. The average molecular weight is 379 g/mol. The summed E-state index contributed by atoms with van der Waals surface area (Å²) in [5, 5.41) is 12.3. The molecule has 0 spiro atoms. The maximum absolute atomic E-state index is 12.4. The van der Waals surface area contributed by atoms with Crippen LogP contribution in [0.3, 0.4) is 0 Å². The van der Waals surface area contributed by atoms with E-state index >= 15 is 0 Å². The molecule has 5 nitrogen and oxygen atoms in total. The zero-order valence-electron chi connectivity index (χ0n) is 15.7. The highest BCUT2D eigenvalue weighted by Crippen LogP contribution is 2.27. The molecule has 1 N–H and O–H groups in total. The molecule has 0 saturated carbocycles. The van der Waals surface area contributed by atoms with Gasteiger partial charge in [0.2, 0.25) is 11.0 Å². The standard InChI is InChI=1S/C18H26N4OS2/c1-12-7-8-14(13(2)9-12)10-22(6)15(23)11-24-17-21-20-16(25-17)19-18(3,4)5/h7-9H,10-11H2,1-6H3,(H,19,20). The summed E-state index contributed by atoms with van der Waals surface area (Å²) in [5.74, 6) is 0.455. The van der Waals surface area contributed by atoms with E-state index in [-0.39, 0.29) is 11.4 Å². The van der Waals surface area contributed by atoms with Gasteiger partial charge in [-0.05, 0) is 45.7 Å².